The van der Waals surface area contributed by atoms with E-state index in [-0.39, 0.29) is 11.5 Å². The molecule has 1 aliphatic rings. The quantitative estimate of drug-likeness (QED) is 0.398. The summed E-state index contributed by atoms with van der Waals surface area (Å²) < 4.78 is 2.42. The first kappa shape index (κ1) is 15.3. The summed E-state index contributed by atoms with van der Waals surface area (Å²) in [6.07, 6.45) is 0.0216. The number of rotatable bonds is 1. The smallest absolute Gasteiger partial charge is 0.278 e. The van der Waals surface area contributed by atoms with Gasteiger partial charge in [0, 0.05) is 25.7 Å². The van der Waals surface area contributed by atoms with Crippen LogP contribution in [0.5, 0.6) is 0 Å². The number of hydrogen-bond donors (Lipinski definition) is 1. The van der Waals surface area contributed by atoms with Crippen LogP contribution >= 0.6 is 11.3 Å². The highest BCUT2D eigenvalue weighted by atomic mass is 32.1. The maximum absolute atomic E-state index is 12.1. The summed E-state index contributed by atoms with van der Waals surface area (Å²) in [6, 6.07) is 20.0. The zero-order valence-corrected chi connectivity index (χ0v) is 14.4. The summed E-state index contributed by atoms with van der Waals surface area (Å²) in [7, 11) is 0. The van der Waals surface area contributed by atoms with Crippen molar-refractivity contribution in [2.45, 2.75) is 6.42 Å². The van der Waals surface area contributed by atoms with Crippen LogP contribution < -0.4 is 0 Å². The summed E-state index contributed by atoms with van der Waals surface area (Å²) >= 11 is 1.74. The molecule has 0 aliphatic carbocycles. The van der Waals surface area contributed by atoms with Crippen LogP contribution in [0.3, 0.4) is 0 Å². The minimum atomic E-state index is -0.664. The Morgan fingerprint density at radius 2 is 1.69 bits per heavy atom. The van der Waals surface area contributed by atoms with Crippen LogP contribution in [0.15, 0.2) is 60.7 Å². The lowest BCUT2D eigenvalue weighted by Crippen LogP contribution is -2.39. The molecule has 0 bridgehead atoms. The molecule has 4 nitrogen and oxygen atoms in total. The molecule has 0 fully saturated rings. The molecule has 26 heavy (non-hydrogen) atoms. The Hall–Kier alpha value is -3.02. The number of nitrogens with zero attached hydrogens (tertiary/aromatic N) is 1. The largest absolute Gasteiger partial charge is 0.284 e. The van der Waals surface area contributed by atoms with E-state index in [4.69, 9.17) is 0 Å². The fourth-order valence-corrected chi connectivity index (χ4v) is 4.79. The van der Waals surface area contributed by atoms with Crippen molar-refractivity contribution in [3.8, 4) is 11.1 Å². The first-order valence-electron chi connectivity index (χ1n) is 8.23. The Balaban J connectivity index is 1.73. The molecule has 5 rings (SSSR count). The molecule has 2 heterocycles. The van der Waals surface area contributed by atoms with Gasteiger partial charge in [-0.2, -0.15) is 5.06 Å². The van der Waals surface area contributed by atoms with E-state index in [0.717, 1.165) is 11.1 Å². The predicted octanol–water partition coefficient (Wildman–Crippen LogP) is 4.64. The first-order chi connectivity index (χ1) is 12.6. The van der Waals surface area contributed by atoms with Crippen molar-refractivity contribution in [1.29, 1.82) is 0 Å². The van der Waals surface area contributed by atoms with Gasteiger partial charge in [-0.1, -0.05) is 42.5 Å². The molecule has 1 aliphatic heterocycles. The van der Waals surface area contributed by atoms with E-state index in [2.05, 4.69) is 24.3 Å². The van der Waals surface area contributed by atoms with E-state index in [1.54, 1.807) is 17.4 Å². The van der Waals surface area contributed by atoms with Crippen LogP contribution in [0.1, 0.15) is 15.9 Å². The van der Waals surface area contributed by atoms with Crippen LogP contribution in [0, 0.1) is 0 Å². The minimum absolute atomic E-state index is 0.0216. The van der Waals surface area contributed by atoms with E-state index in [9.17, 15) is 14.8 Å². The molecule has 1 N–H and O–H groups in total. The highest BCUT2D eigenvalue weighted by Gasteiger charge is 2.30. The predicted molar refractivity (Wildman–Crippen MR) is 101 cm³/mol. The van der Waals surface area contributed by atoms with E-state index in [1.807, 2.05) is 30.3 Å². The van der Waals surface area contributed by atoms with Gasteiger partial charge in [0.05, 0.1) is 6.42 Å². The second-order valence-electron chi connectivity index (χ2n) is 6.34. The van der Waals surface area contributed by atoms with Crippen LogP contribution in [0.2, 0.25) is 0 Å². The van der Waals surface area contributed by atoms with Crippen LogP contribution in [0.4, 0.5) is 0 Å². The third-order valence-electron chi connectivity index (χ3n) is 4.82. The second kappa shape index (κ2) is 5.49. The summed E-state index contributed by atoms with van der Waals surface area (Å²) in [4.78, 5) is 23.9. The van der Waals surface area contributed by atoms with Crippen molar-refractivity contribution in [3.05, 3.63) is 71.8 Å². The van der Waals surface area contributed by atoms with Crippen molar-refractivity contribution in [2.75, 3.05) is 0 Å². The number of hydrogen-bond acceptors (Lipinski definition) is 4. The topological polar surface area (TPSA) is 57.6 Å². The maximum Gasteiger partial charge on any atom is 0.284 e. The highest BCUT2D eigenvalue weighted by Crippen LogP contribution is 2.40. The van der Waals surface area contributed by atoms with Gasteiger partial charge in [-0.05, 0) is 34.9 Å². The van der Waals surface area contributed by atoms with Gasteiger partial charge in [-0.25, -0.2) is 0 Å². The molecule has 0 unspecified atom stereocenters. The Labute approximate surface area is 152 Å². The summed E-state index contributed by atoms with van der Waals surface area (Å²) in [6.45, 7) is 0. The molecule has 5 heteroatoms. The number of benzene rings is 3. The molecule has 0 saturated carbocycles. The second-order valence-corrected chi connectivity index (χ2v) is 7.39. The molecular weight excluding hydrogens is 346 g/mol. The van der Waals surface area contributed by atoms with E-state index < -0.39 is 11.8 Å². The SMILES string of the molecule is O=C1Cc2cc(-c3cccc4c3sc3ccccc34)ccc2C(=O)N1O. The Kier molecular flexibility index (Phi) is 3.22. The fourth-order valence-electron chi connectivity index (χ4n) is 3.56. The van der Waals surface area contributed by atoms with Crippen molar-refractivity contribution in [3.63, 3.8) is 0 Å². The zero-order valence-electron chi connectivity index (χ0n) is 13.6. The average Bonchev–Trinajstić information content (AvgIpc) is 3.04. The molecule has 2 amide bonds. The van der Waals surface area contributed by atoms with Gasteiger partial charge < -0.3 is 0 Å². The van der Waals surface area contributed by atoms with Crippen molar-refractivity contribution >= 4 is 43.3 Å². The molecular formula is C21H13NO3S. The molecule has 1 aromatic heterocycles. The number of imide groups is 1. The van der Waals surface area contributed by atoms with Gasteiger partial charge in [0.25, 0.3) is 11.8 Å². The third kappa shape index (κ3) is 2.11. The van der Waals surface area contributed by atoms with E-state index in [1.165, 1.54) is 20.2 Å². The number of carbonyl (C=O) groups is 2. The lowest BCUT2D eigenvalue weighted by atomic mass is 9.94. The van der Waals surface area contributed by atoms with Crippen LogP contribution in [0.25, 0.3) is 31.3 Å². The molecule has 0 radical (unpaired) electrons. The summed E-state index contributed by atoms with van der Waals surface area (Å²) in [5.74, 6) is -1.26. The highest BCUT2D eigenvalue weighted by molar-refractivity contribution is 7.26. The van der Waals surface area contributed by atoms with E-state index >= 15 is 0 Å². The van der Waals surface area contributed by atoms with E-state index in [0.29, 0.717) is 11.1 Å². The number of amides is 2. The third-order valence-corrected chi connectivity index (χ3v) is 6.04. The molecule has 0 saturated heterocycles. The fraction of sp³-hybridized carbons (Fsp3) is 0.0476. The lowest BCUT2D eigenvalue weighted by molar-refractivity contribution is -0.153. The molecule has 3 aromatic carbocycles. The number of thiophene rings is 1. The number of carbonyl (C=O) groups excluding carboxylic acids is 2. The number of hydroxylamine groups is 2. The molecule has 126 valence electrons. The average molecular weight is 359 g/mol. The van der Waals surface area contributed by atoms with Gasteiger partial charge >= 0.3 is 0 Å². The monoisotopic (exact) mass is 359 g/mol. The van der Waals surface area contributed by atoms with Crippen LogP contribution in [-0.4, -0.2) is 22.1 Å². The lowest BCUT2D eigenvalue weighted by Gasteiger charge is -2.21. The zero-order chi connectivity index (χ0) is 17.8. The maximum atomic E-state index is 12.1. The standard InChI is InChI=1S/C21H13NO3S/c23-19-11-13-10-12(8-9-15(13)21(24)22(19)25)14-5-3-6-17-16-4-1-2-7-18(16)26-20(14)17/h1-10,25H,11H2. The van der Waals surface area contributed by atoms with Crippen molar-refractivity contribution in [2.24, 2.45) is 0 Å². The van der Waals surface area contributed by atoms with Crippen LogP contribution in [-0.2, 0) is 11.2 Å². The normalized spacial score (nSPS) is 14.3. The molecule has 4 aromatic rings. The van der Waals surface area contributed by atoms with Gasteiger partial charge in [0.2, 0.25) is 0 Å². The molecule has 0 spiro atoms. The molecule has 0 atom stereocenters. The van der Waals surface area contributed by atoms with Gasteiger partial charge in [-0.3, -0.25) is 14.8 Å². The van der Waals surface area contributed by atoms with Crippen molar-refractivity contribution in [1.82, 2.24) is 5.06 Å². The Bertz CT molecular complexity index is 1220. The van der Waals surface area contributed by atoms with Gasteiger partial charge in [0.1, 0.15) is 0 Å². The Morgan fingerprint density at radius 1 is 0.885 bits per heavy atom. The first-order valence-corrected chi connectivity index (χ1v) is 9.05. The van der Waals surface area contributed by atoms with Crippen molar-refractivity contribution < 1.29 is 14.8 Å². The van der Waals surface area contributed by atoms with Gasteiger partial charge in [-0.15, -0.1) is 11.3 Å². The summed E-state index contributed by atoms with van der Waals surface area (Å²) in [5, 5.41) is 12.2. The minimum Gasteiger partial charge on any atom is -0.278 e. The number of fused-ring (bicyclic) bond motifs is 4. The summed E-state index contributed by atoms with van der Waals surface area (Å²) in [5.41, 5.74) is 3.08. The van der Waals surface area contributed by atoms with Gasteiger partial charge in [0.15, 0.2) is 0 Å². The Morgan fingerprint density at radius 3 is 2.58 bits per heavy atom.